The number of β-lactam (4-membered cyclic amide) rings is 1. The topological polar surface area (TPSA) is 104 Å². The fraction of sp³-hybridized carbons (Fsp3) is 0.312. The molecule has 7 heteroatoms. The number of carboxylic acid groups (broad SMARTS) is 1. The molecule has 0 bridgehead atoms. The fourth-order valence-electron chi connectivity index (χ4n) is 3.39. The van der Waals surface area contributed by atoms with Gasteiger partial charge in [0.15, 0.2) is 0 Å². The van der Waals surface area contributed by atoms with E-state index >= 15 is 0 Å². The van der Waals surface area contributed by atoms with Crippen LogP contribution in [0.1, 0.15) is 24.5 Å². The summed E-state index contributed by atoms with van der Waals surface area (Å²) < 4.78 is 0. The molecule has 2 unspecified atom stereocenters. The Hall–Kier alpha value is -2.25. The highest BCUT2D eigenvalue weighted by molar-refractivity contribution is 7.80. The zero-order valence-corrected chi connectivity index (χ0v) is 13.2. The molecular formula is C16H16N2O4S. The molecule has 0 spiro atoms. The number of hydrogen-bond donors (Lipinski definition) is 3. The van der Waals surface area contributed by atoms with E-state index in [1.54, 1.807) is 31.2 Å². The molecule has 1 saturated heterocycles. The highest BCUT2D eigenvalue weighted by atomic mass is 32.1. The molecule has 0 radical (unpaired) electrons. The zero-order chi connectivity index (χ0) is 16.9. The fourth-order valence-corrected chi connectivity index (χ4v) is 3.51. The molecule has 6 nitrogen and oxygen atoms in total. The number of thiocarbonyl (C=S) groups is 1. The summed E-state index contributed by atoms with van der Waals surface area (Å²) in [6, 6.07) is 6.69. The van der Waals surface area contributed by atoms with Gasteiger partial charge in [0.25, 0.3) is 0 Å². The van der Waals surface area contributed by atoms with Gasteiger partial charge in [-0.2, -0.15) is 0 Å². The predicted octanol–water partition coefficient (Wildman–Crippen LogP) is 0.728. The van der Waals surface area contributed by atoms with E-state index in [1.807, 2.05) is 0 Å². The number of aliphatic carboxylic acids is 1. The summed E-state index contributed by atoms with van der Waals surface area (Å²) in [5.41, 5.74) is 7.50. The molecule has 2 heterocycles. The summed E-state index contributed by atoms with van der Waals surface area (Å²) in [6.45, 7) is 1.55. The van der Waals surface area contributed by atoms with Crippen LogP contribution < -0.4 is 5.73 Å². The predicted molar refractivity (Wildman–Crippen MR) is 87.3 cm³/mol. The lowest BCUT2D eigenvalue weighted by atomic mass is 9.82. The Morgan fingerprint density at radius 2 is 2.17 bits per heavy atom. The van der Waals surface area contributed by atoms with E-state index in [1.165, 1.54) is 4.90 Å². The number of hydrogen-bond acceptors (Lipinski definition) is 4. The van der Waals surface area contributed by atoms with Crippen molar-refractivity contribution in [2.24, 2.45) is 11.7 Å². The van der Waals surface area contributed by atoms with E-state index in [-0.39, 0.29) is 22.6 Å². The van der Waals surface area contributed by atoms with Crippen molar-refractivity contribution < 1.29 is 19.8 Å². The first-order valence-corrected chi connectivity index (χ1v) is 7.61. The molecule has 1 aromatic carbocycles. The second kappa shape index (κ2) is 5.43. The van der Waals surface area contributed by atoms with Crippen molar-refractivity contribution in [3.8, 4) is 0 Å². The summed E-state index contributed by atoms with van der Waals surface area (Å²) in [4.78, 5) is 25.3. The van der Waals surface area contributed by atoms with Crippen LogP contribution in [0.3, 0.4) is 0 Å². The van der Waals surface area contributed by atoms with Crippen molar-refractivity contribution >= 4 is 34.7 Å². The van der Waals surface area contributed by atoms with Gasteiger partial charge < -0.3 is 20.8 Å². The van der Waals surface area contributed by atoms with Crippen LogP contribution in [-0.2, 0) is 9.59 Å². The van der Waals surface area contributed by atoms with Crippen LogP contribution in [-0.4, -0.2) is 44.1 Å². The number of nitrogens with two attached hydrogens (primary N) is 1. The van der Waals surface area contributed by atoms with Crippen LogP contribution in [0.4, 0.5) is 0 Å². The second-order valence-electron chi connectivity index (χ2n) is 5.82. The van der Waals surface area contributed by atoms with E-state index in [4.69, 9.17) is 18.0 Å². The van der Waals surface area contributed by atoms with Crippen LogP contribution in [0.25, 0.3) is 5.57 Å². The Kier molecular flexibility index (Phi) is 3.69. The van der Waals surface area contributed by atoms with Crippen molar-refractivity contribution in [1.29, 1.82) is 0 Å². The van der Waals surface area contributed by atoms with Gasteiger partial charge in [0.2, 0.25) is 5.91 Å². The molecule has 2 aliphatic rings. The van der Waals surface area contributed by atoms with E-state index in [0.29, 0.717) is 23.1 Å². The first kappa shape index (κ1) is 15.6. The Morgan fingerprint density at radius 1 is 1.48 bits per heavy atom. The van der Waals surface area contributed by atoms with Crippen LogP contribution in [0, 0.1) is 5.92 Å². The van der Waals surface area contributed by atoms with Crippen LogP contribution in [0.5, 0.6) is 0 Å². The highest BCUT2D eigenvalue weighted by Gasteiger charge is 2.56. The van der Waals surface area contributed by atoms with Gasteiger partial charge in [-0.15, -0.1) is 0 Å². The maximum atomic E-state index is 12.2. The lowest BCUT2D eigenvalue weighted by Crippen LogP contribution is -2.61. The van der Waals surface area contributed by atoms with E-state index in [2.05, 4.69) is 0 Å². The molecule has 1 amide bonds. The van der Waals surface area contributed by atoms with Gasteiger partial charge in [0, 0.05) is 5.56 Å². The summed E-state index contributed by atoms with van der Waals surface area (Å²) in [6.07, 6.45) is -0.412. The average Bonchev–Trinajstić information content (AvgIpc) is 2.82. The summed E-state index contributed by atoms with van der Waals surface area (Å²) in [5, 5.41) is 19.3. The molecule has 0 aromatic heterocycles. The summed E-state index contributed by atoms with van der Waals surface area (Å²) >= 11 is 4.96. The van der Waals surface area contributed by atoms with Gasteiger partial charge in [0.1, 0.15) is 10.7 Å². The third-order valence-corrected chi connectivity index (χ3v) is 4.66. The molecule has 0 aliphatic carbocycles. The molecule has 3 atom stereocenters. The number of carbonyl (C=O) groups excluding carboxylic acids is 1. The number of rotatable bonds is 4. The van der Waals surface area contributed by atoms with E-state index < -0.39 is 18.0 Å². The second-order valence-corrected chi connectivity index (χ2v) is 6.26. The van der Waals surface area contributed by atoms with Gasteiger partial charge in [-0.05, 0) is 30.5 Å². The summed E-state index contributed by atoms with van der Waals surface area (Å²) in [7, 11) is 0. The first-order chi connectivity index (χ1) is 10.8. The molecule has 120 valence electrons. The molecule has 23 heavy (non-hydrogen) atoms. The van der Waals surface area contributed by atoms with Crippen molar-refractivity contribution in [2.45, 2.75) is 25.5 Å². The Labute approximate surface area is 138 Å². The van der Waals surface area contributed by atoms with Crippen LogP contribution >= 0.6 is 12.2 Å². The molecule has 2 aliphatic heterocycles. The molecule has 3 rings (SSSR count). The van der Waals surface area contributed by atoms with Crippen LogP contribution in [0.2, 0.25) is 0 Å². The molecule has 1 aromatic rings. The third kappa shape index (κ3) is 2.32. The average molecular weight is 332 g/mol. The molecule has 0 saturated carbocycles. The largest absolute Gasteiger partial charge is 0.477 e. The summed E-state index contributed by atoms with van der Waals surface area (Å²) in [5.74, 6) is -2.05. The maximum Gasteiger partial charge on any atom is 0.352 e. The van der Waals surface area contributed by atoms with Crippen molar-refractivity contribution in [1.82, 2.24) is 4.90 Å². The number of nitrogens with zero attached hydrogens (tertiary/aromatic N) is 1. The Bertz CT molecular complexity index is 756. The minimum absolute atomic E-state index is 0.0167. The monoisotopic (exact) mass is 332 g/mol. The number of benzene rings is 1. The lowest BCUT2D eigenvalue weighted by Gasteiger charge is -2.44. The quantitative estimate of drug-likeness (QED) is 0.555. The van der Waals surface area contributed by atoms with Gasteiger partial charge in [0.05, 0.1) is 18.1 Å². The normalized spacial score (nSPS) is 24.3. The molecule has 1 fully saturated rings. The van der Waals surface area contributed by atoms with Gasteiger partial charge in [-0.25, -0.2) is 4.79 Å². The standard InChI is InChI=1S/C16H16N2O4S/c1-7(19)12-11-6-10(13(16(21)22)18(11)15(12)20)8-3-2-4-9(5-8)14(17)23/h2-5,7,11-12,19H,6H2,1H3,(H2,17,23)(H,21,22)/t7-,11?,12?/m1/s1. The number of carboxylic acids is 1. The number of carbonyl (C=O) groups is 2. The number of amides is 1. The number of fused-ring (bicyclic) bond motifs is 1. The molecule has 4 N–H and O–H groups in total. The SMILES string of the molecule is C[C@@H](O)C1C(=O)N2C(C(=O)O)=C(c3cccc(C(N)=S)c3)CC12. The van der Waals surface area contributed by atoms with Crippen molar-refractivity contribution in [2.75, 3.05) is 0 Å². The maximum absolute atomic E-state index is 12.2. The van der Waals surface area contributed by atoms with Gasteiger partial charge in [-0.1, -0.05) is 30.4 Å². The third-order valence-electron chi connectivity index (χ3n) is 4.43. The van der Waals surface area contributed by atoms with Gasteiger partial charge >= 0.3 is 5.97 Å². The van der Waals surface area contributed by atoms with Crippen molar-refractivity contribution in [3.63, 3.8) is 0 Å². The number of aliphatic hydroxyl groups is 1. The zero-order valence-electron chi connectivity index (χ0n) is 12.4. The number of aliphatic hydroxyl groups excluding tert-OH is 1. The van der Waals surface area contributed by atoms with E-state index in [0.717, 1.165) is 0 Å². The minimum Gasteiger partial charge on any atom is -0.477 e. The minimum atomic E-state index is -1.15. The van der Waals surface area contributed by atoms with Gasteiger partial charge in [-0.3, -0.25) is 4.79 Å². The first-order valence-electron chi connectivity index (χ1n) is 7.20. The lowest BCUT2D eigenvalue weighted by molar-refractivity contribution is -0.161. The smallest absolute Gasteiger partial charge is 0.352 e. The van der Waals surface area contributed by atoms with E-state index in [9.17, 15) is 19.8 Å². The Morgan fingerprint density at radius 3 is 2.74 bits per heavy atom. The van der Waals surface area contributed by atoms with Crippen molar-refractivity contribution in [3.05, 3.63) is 41.1 Å². The highest BCUT2D eigenvalue weighted by Crippen LogP contribution is 2.46. The Balaban J connectivity index is 2.05. The van der Waals surface area contributed by atoms with Crippen LogP contribution in [0.15, 0.2) is 30.0 Å². The molecular weight excluding hydrogens is 316 g/mol.